The Morgan fingerprint density at radius 1 is 1.30 bits per heavy atom. The molecule has 4 N–H and O–H groups in total. The number of benzene rings is 1. The highest BCUT2D eigenvalue weighted by Crippen LogP contribution is 2.63. The van der Waals surface area contributed by atoms with E-state index in [1.807, 2.05) is 0 Å². The van der Waals surface area contributed by atoms with Gasteiger partial charge in [0.2, 0.25) is 11.8 Å². The smallest absolute Gasteiger partial charge is 0.319 e. The fourth-order valence-electron chi connectivity index (χ4n) is 2.90. The molecule has 7 heteroatoms. The SMILES string of the molecule is CC1(C)CC1(C(=O)O)C(=O)N[C@@H](CC(N)=O)c1ccc(Cl)cc1. The Balaban J connectivity index is 2.25. The number of primary amides is 1. The van der Waals surface area contributed by atoms with E-state index in [2.05, 4.69) is 5.32 Å². The largest absolute Gasteiger partial charge is 0.480 e. The molecule has 0 spiro atoms. The van der Waals surface area contributed by atoms with Gasteiger partial charge in [0.15, 0.2) is 5.41 Å². The second kappa shape index (κ2) is 5.85. The zero-order valence-corrected chi connectivity index (χ0v) is 13.7. The number of nitrogens with two attached hydrogens (primary N) is 1. The first-order chi connectivity index (χ1) is 10.6. The van der Waals surface area contributed by atoms with E-state index in [0.29, 0.717) is 10.6 Å². The molecule has 0 radical (unpaired) electrons. The van der Waals surface area contributed by atoms with Crippen LogP contribution >= 0.6 is 11.6 Å². The van der Waals surface area contributed by atoms with Gasteiger partial charge in [-0.2, -0.15) is 0 Å². The highest BCUT2D eigenvalue weighted by Gasteiger charge is 2.72. The van der Waals surface area contributed by atoms with Crippen LogP contribution in [0.15, 0.2) is 24.3 Å². The maximum atomic E-state index is 12.5. The van der Waals surface area contributed by atoms with Crippen molar-refractivity contribution in [3.8, 4) is 0 Å². The van der Waals surface area contributed by atoms with Crippen LogP contribution in [-0.4, -0.2) is 22.9 Å². The zero-order valence-electron chi connectivity index (χ0n) is 12.9. The molecular weight excluding hydrogens is 320 g/mol. The minimum absolute atomic E-state index is 0.122. The number of amides is 2. The summed E-state index contributed by atoms with van der Waals surface area (Å²) in [7, 11) is 0. The lowest BCUT2D eigenvalue weighted by Gasteiger charge is -2.22. The van der Waals surface area contributed by atoms with Crippen molar-refractivity contribution in [1.29, 1.82) is 0 Å². The van der Waals surface area contributed by atoms with Crippen molar-refractivity contribution in [3.05, 3.63) is 34.9 Å². The molecule has 0 bridgehead atoms. The minimum atomic E-state index is -1.46. The Morgan fingerprint density at radius 3 is 2.22 bits per heavy atom. The average molecular weight is 339 g/mol. The number of carboxylic acid groups (broad SMARTS) is 1. The van der Waals surface area contributed by atoms with E-state index in [-0.39, 0.29) is 12.8 Å². The molecule has 1 saturated carbocycles. The van der Waals surface area contributed by atoms with E-state index in [1.54, 1.807) is 38.1 Å². The summed E-state index contributed by atoms with van der Waals surface area (Å²) in [5, 5.41) is 12.6. The van der Waals surface area contributed by atoms with Gasteiger partial charge in [0.1, 0.15) is 0 Å². The zero-order chi connectivity index (χ0) is 17.4. The van der Waals surface area contributed by atoms with Crippen molar-refractivity contribution in [1.82, 2.24) is 5.32 Å². The lowest BCUT2D eigenvalue weighted by atomic mass is 9.93. The van der Waals surface area contributed by atoms with Crippen molar-refractivity contribution in [2.75, 3.05) is 0 Å². The van der Waals surface area contributed by atoms with Gasteiger partial charge in [-0.3, -0.25) is 14.4 Å². The van der Waals surface area contributed by atoms with Gasteiger partial charge < -0.3 is 16.2 Å². The van der Waals surface area contributed by atoms with Crippen LogP contribution in [-0.2, 0) is 14.4 Å². The van der Waals surface area contributed by atoms with Crippen molar-refractivity contribution >= 4 is 29.4 Å². The number of hydrogen-bond acceptors (Lipinski definition) is 3. The Labute approximate surface area is 139 Å². The molecule has 2 atom stereocenters. The van der Waals surface area contributed by atoms with Crippen LogP contribution in [0.4, 0.5) is 0 Å². The molecule has 0 aliphatic heterocycles. The summed E-state index contributed by atoms with van der Waals surface area (Å²) >= 11 is 5.83. The van der Waals surface area contributed by atoms with E-state index in [0.717, 1.165) is 0 Å². The van der Waals surface area contributed by atoms with Gasteiger partial charge >= 0.3 is 5.97 Å². The number of halogens is 1. The van der Waals surface area contributed by atoms with Gasteiger partial charge in [-0.25, -0.2) is 0 Å². The lowest BCUT2D eigenvalue weighted by Crippen LogP contribution is -2.42. The first-order valence-corrected chi connectivity index (χ1v) is 7.56. The molecule has 2 rings (SSSR count). The monoisotopic (exact) mass is 338 g/mol. The summed E-state index contributed by atoms with van der Waals surface area (Å²) in [5.74, 6) is -2.35. The van der Waals surface area contributed by atoms with Crippen molar-refractivity contribution in [2.24, 2.45) is 16.6 Å². The molecule has 1 unspecified atom stereocenters. The van der Waals surface area contributed by atoms with Crippen LogP contribution < -0.4 is 11.1 Å². The summed E-state index contributed by atoms with van der Waals surface area (Å²) < 4.78 is 0. The van der Waals surface area contributed by atoms with E-state index in [4.69, 9.17) is 17.3 Å². The number of hydrogen-bond donors (Lipinski definition) is 3. The van der Waals surface area contributed by atoms with Gasteiger partial charge in [-0.15, -0.1) is 0 Å². The molecule has 124 valence electrons. The van der Waals surface area contributed by atoms with Crippen molar-refractivity contribution in [3.63, 3.8) is 0 Å². The van der Waals surface area contributed by atoms with Crippen molar-refractivity contribution < 1.29 is 19.5 Å². The van der Waals surface area contributed by atoms with Crippen LogP contribution in [0.3, 0.4) is 0 Å². The Morgan fingerprint density at radius 2 is 1.83 bits per heavy atom. The fourth-order valence-corrected chi connectivity index (χ4v) is 3.02. The maximum Gasteiger partial charge on any atom is 0.319 e. The first-order valence-electron chi connectivity index (χ1n) is 7.18. The second-order valence-corrected chi connectivity index (χ2v) is 6.96. The van der Waals surface area contributed by atoms with Gasteiger partial charge in [-0.1, -0.05) is 37.6 Å². The molecule has 1 aliphatic rings. The Kier molecular flexibility index (Phi) is 4.39. The molecule has 6 nitrogen and oxygen atoms in total. The van der Waals surface area contributed by atoms with Gasteiger partial charge in [0, 0.05) is 5.02 Å². The van der Waals surface area contributed by atoms with Crippen LogP contribution in [0.1, 0.15) is 38.3 Å². The third-order valence-corrected chi connectivity index (χ3v) is 4.73. The summed E-state index contributed by atoms with van der Waals surface area (Å²) in [6, 6.07) is 5.91. The number of rotatable bonds is 6. The Bertz CT molecular complexity index is 657. The lowest BCUT2D eigenvalue weighted by molar-refractivity contribution is -0.151. The fraction of sp³-hybridized carbons (Fsp3) is 0.438. The summed E-state index contributed by atoms with van der Waals surface area (Å²) in [5.41, 5.74) is 3.79. The molecule has 1 fully saturated rings. The number of nitrogens with one attached hydrogen (secondary N) is 1. The predicted molar refractivity (Wildman–Crippen MR) is 84.6 cm³/mol. The van der Waals surface area contributed by atoms with Crippen LogP contribution in [0, 0.1) is 10.8 Å². The standard InChI is InChI=1S/C16H19ClN2O4/c1-15(2)8-16(15,14(22)23)13(21)19-11(7-12(18)20)9-3-5-10(17)6-4-9/h3-6,11H,7-8H2,1-2H3,(H2,18,20)(H,19,21)(H,22,23)/t11-,16?/m0/s1. The topological polar surface area (TPSA) is 109 Å². The van der Waals surface area contributed by atoms with Gasteiger partial charge in [-0.05, 0) is 29.5 Å². The normalized spacial score (nSPS) is 22.9. The molecule has 0 aromatic heterocycles. The van der Waals surface area contributed by atoms with Crippen LogP contribution in [0.5, 0.6) is 0 Å². The van der Waals surface area contributed by atoms with E-state index < -0.39 is 34.7 Å². The van der Waals surface area contributed by atoms with E-state index in [1.165, 1.54) is 0 Å². The minimum Gasteiger partial charge on any atom is -0.480 e. The second-order valence-electron chi connectivity index (χ2n) is 6.52. The molecule has 0 heterocycles. The number of carbonyl (C=O) groups is 3. The quantitative estimate of drug-likeness (QED) is 0.688. The van der Waals surface area contributed by atoms with Crippen LogP contribution in [0.2, 0.25) is 5.02 Å². The first kappa shape index (κ1) is 17.3. The summed E-state index contributed by atoms with van der Waals surface area (Å²) in [6.45, 7) is 3.46. The van der Waals surface area contributed by atoms with Crippen LogP contribution in [0.25, 0.3) is 0 Å². The average Bonchev–Trinajstić information content (AvgIpc) is 3.03. The molecular formula is C16H19ClN2O4. The third-order valence-electron chi connectivity index (χ3n) is 4.47. The highest BCUT2D eigenvalue weighted by atomic mass is 35.5. The van der Waals surface area contributed by atoms with Gasteiger partial charge in [0.05, 0.1) is 12.5 Å². The number of aliphatic carboxylic acids is 1. The predicted octanol–water partition coefficient (Wildman–Crippen LogP) is 1.87. The van der Waals surface area contributed by atoms with Crippen molar-refractivity contribution in [2.45, 2.75) is 32.7 Å². The molecule has 2 amide bonds. The van der Waals surface area contributed by atoms with Gasteiger partial charge in [0.25, 0.3) is 0 Å². The molecule has 0 saturated heterocycles. The maximum absolute atomic E-state index is 12.5. The summed E-state index contributed by atoms with van der Waals surface area (Å²) in [6.07, 6.45) is 0.134. The van der Waals surface area contributed by atoms with E-state index in [9.17, 15) is 19.5 Å². The number of carboxylic acids is 1. The molecule has 1 aliphatic carbocycles. The highest BCUT2D eigenvalue weighted by molar-refractivity contribution is 6.30. The summed E-state index contributed by atoms with van der Waals surface area (Å²) in [4.78, 5) is 35.4. The number of carbonyl (C=O) groups excluding carboxylic acids is 2. The molecule has 1 aromatic carbocycles. The Hall–Kier alpha value is -2.08. The molecule has 1 aromatic rings. The molecule has 23 heavy (non-hydrogen) atoms. The third kappa shape index (κ3) is 3.17. The van der Waals surface area contributed by atoms with E-state index >= 15 is 0 Å².